The normalized spacial score (nSPS) is 26.0. The van der Waals surface area contributed by atoms with Crippen molar-refractivity contribution >= 4 is 11.8 Å². The molecular formula is C12H22N4O3. The zero-order valence-corrected chi connectivity index (χ0v) is 11.1. The fourth-order valence-corrected chi connectivity index (χ4v) is 2.49. The van der Waals surface area contributed by atoms with Crippen LogP contribution >= 0.6 is 0 Å². The molecule has 0 saturated carbocycles. The Hall–Kier alpha value is -1.18. The predicted octanol–water partition coefficient (Wildman–Crippen LogP) is -1.96. The van der Waals surface area contributed by atoms with Crippen LogP contribution in [0.15, 0.2) is 0 Å². The summed E-state index contributed by atoms with van der Waals surface area (Å²) in [6.45, 7) is 3.71. The molecule has 7 heteroatoms. The third-order valence-corrected chi connectivity index (χ3v) is 3.55. The second kappa shape index (κ2) is 6.83. The van der Waals surface area contributed by atoms with E-state index < -0.39 is 0 Å². The van der Waals surface area contributed by atoms with Gasteiger partial charge in [-0.05, 0) is 12.8 Å². The molecule has 1 atom stereocenters. The topological polar surface area (TPSA) is 96.7 Å². The summed E-state index contributed by atoms with van der Waals surface area (Å²) in [4.78, 5) is 24.8. The number of carbonyl (C=O) groups is 2. The SMILES string of the molecule is NC(=O)CN1CCC(NC(=O)C2COCCN2)CC1. The van der Waals surface area contributed by atoms with Crippen molar-refractivity contribution in [1.29, 1.82) is 0 Å². The second-order valence-corrected chi connectivity index (χ2v) is 5.11. The predicted molar refractivity (Wildman–Crippen MR) is 69.4 cm³/mol. The molecule has 1 unspecified atom stereocenters. The van der Waals surface area contributed by atoms with Crippen molar-refractivity contribution in [2.75, 3.05) is 39.4 Å². The zero-order chi connectivity index (χ0) is 13.7. The Bertz CT molecular complexity index is 323. The van der Waals surface area contributed by atoms with Gasteiger partial charge in [0.25, 0.3) is 0 Å². The van der Waals surface area contributed by atoms with Gasteiger partial charge in [-0.1, -0.05) is 0 Å². The first kappa shape index (κ1) is 14.2. The number of carbonyl (C=O) groups excluding carboxylic acids is 2. The van der Waals surface area contributed by atoms with Crippen LogP contribution in [0, 0.1) is 0 Å². The quantitative estimate of drug-likeness (QED) is 0.551. The summed E-state index contributed by atoms with van der Waals surface area (Å²) in [7, 11) is 0. The number of nitrogens with two attached hydrogens (primary N) is 1. The molecule has 0 spiro atoms. The van der Waals surface area contributed by atoms with E-state index in [0.29, 0.717) is 19.8 Å². The molecule has 2 amide bonds. The molecular weight excluding hydrogens is 248 g/mol. The van der Waals surface area contributed by atoms with Crippen LogP contribution in [0.3, 0.4) is 0 Å². The third-order valence-electron chi connectivity index (χ3n) is 3.55. The molecule has 0 aromatic heterocycles. The van der Waals surface area contributed by atoms with Crippen molar-refractivity contribution in [3.8, 4) is 0 Å². The number of ether oxygens (including phenoxy) is 1. The fourth-order valence-electron chi connectivity index (χ4n) is 2.49. The van der Waals surface area contributed by atoms with E-state index in [0.717, 1.165) is 32.5 Å². The van der Waals surface area contributed by atoms with E-state index in [2.05, 4.69) is 10.6 Å². The fraction of sp³-hybridized carbons (Fsp3) is 0.833. The lowest BCUT2D eigenvalue weighted by atomic mass is 10.0. The Morgan fingerprint density at radius 3 is 2.68 bits per heavy atom. The van der Waals surface area contributed by atoms with Crippen LogP contribution in [0.5, 0.6) is 0 Å². The van der Waals surface area contributed by atoms with Crippen molar-refractivity contribution in [1.82, 2.24) is 15.5 Å². The molecule has 2 fully saturated rings. The first-order valence-corrected chi connectivity index (χ1v) is 6.77. The highest BCUT2D eigenvalue weighted by Crippen LogP contribution is 2.10. The Balaban J connectivity index is 1.69. The average Bonchev–Trinajstić information content (AvgIpc) is 2.41. The van der Waals surface area contributed by atoms with Crippen LogP contribution in [0.1, 0.15) is 12.8 Å². The number of hydrogen-bond donors (Lipinski definition) is 3. The lowest BCUT2D eigenvalue weighted by Gasteiger charge is -2.32. The largest absolute Gasteiger partial charge is 0.378 e. The Labute approximate surface area is 112 Å². The summed E-state index contributed by atoms with van der Waals surface area (Å²) in [5, 5.41) is 6.17. The summed E-state index contributed by atoms with van der Waals surface area (Å²) in [5.41, 5.74) is 5.16. The first-order chi connectivity index (χ1) is 9.15. The number of nitrogens with one attached hydrogen (secondary N) is 2. The summed E-state index contributed by atoms with van der Waals surface area (Å²) >= 11 is 0. The number of primary amides is 1. The van der Waals surface area contributed by atoms with Crippen LogP contribution in [-0.4, -0.2) is 68.2 Å². The maximum atomic E-state index is 12.0. The molecule has 2 saturated heterocycles. The van der Waals surface area contributed by atoms with Gasteiger partial charge in [-0.3, -0.25) is 14.5 Å². The van der Waals surface area contributed by atoms with Crippen molar-refractivity contribution in [2.45, 2.75) is 24.9 Å². The number of morpholine rings is 1. The van der Waals surface area contributed by atoms with Crippen LogP contribution in [0.2, 0.25) is 0 Å². The third kappa shape index (κ3) is 4.45. The van der Waals surface area contributed by atoms with Crippen molar-refractivity contribution in [3.05, 3.63) is 0 Å². The van der Waals surface area contributed by atoms with Gasteiger partial charge in [0, 0.05) is 25.7 Å². The van der Waals surface area contributed by atoms with E-state index in [1.54, 1.807) is 0 Å². The Morgan fingerprint density at radius 1 is 1.37 bits per heavy atom. The molecule has 2 heterocycles. The summed E-state index contributed by atoms with van der Waals surface area (Å²) in [6, 6.07) is -0.0576. The highest BCUT2D eigenvalue weighted by Gasteiger charge is 2.26. The van der Waals surface area contributed by atoms with Gasteiger partial charge in [0.05, 0.1) is 19.8 Å². The van der Waals surface area contributed by atoms with E-state index in [1.807, 2.05) is 4.90 Å². The van der Waals surface area contributed by atoms with Crippen LogP contribution in [0.25, 0.3) is 0 Å². The summed E-state index contributed by atoms with van der Waals surface area (Å²) in [5.74, 6) is -0.293. The maximum Gasteiger partial charge on any atom is 0.239 e. The number of rotatable bonds is 4. The van der Waals surface area contributed by atoms with Gasteiger partial charge in [0.1, 0.15) is 6.04 Å². The molecule has 0 aromatic carbocycles. The first-order valence-electron chi connectivity index (χ1n) is 6.77. The lowest BCUT2D eigenvalue weighted by Crippen LogP contribution is -2.55. The summed E-state index contributed by atoms with van der Waals surface area (Å²) < 4.78 is 5.27. The lowest BCUT2D eigenvalue weighted by molar-refractivity contribution is -0.127. The van der Waals surface area contributed by atoms with Gasteiger partial charge < -0.3 is 21.1 Å². The summed E-state index contributed by atoms with van der Waals surface area (Å²) in [6.07, 6.45) is 1.71. The smallest absolute Gasteiger partial charge is 0.239 e. The molecule has 19 heavy (non-hydrogen) atoms. The van der Waals surface area contributed by atoms with Crippen LogP contribution in [0.4, 0.5) is 0 Å². The minimum absolute atomic E-state index is 0.00745. The molecule has 2 aliphatic rings. The van der Waals surface area contributed by atoms with E-state index in [1.165, 1.54) is 0 Å². The Morgan fingerprint density at radius 2 is 2.11 bits per heavy atom. The average molecular weight is 270 g/mol. The number of hydrogen-bond acceptors (Lipinski definition) is 5. The molecule has 7 nitrogen and oxygen atoms in total. The monoisotopic (exact) mass is 270 g/mol. The van der Waals surface area contributed by atoms with Crippen LogP contribution in [-0.2, 0) is 14.3 Å². The van der Waals surface area contributed by atoms with E-state index >= 15 is 0 Å². The second-order valence-electron chi connectivity index (χ2n) is 5.11. The Kier molecular flexibility index (Phi) is 5.12. The van der Waals surface area contributed by atoms with Gasteiger partial charge in [-0.25, -0.2) is 0 Å². The zero-order valence-electron chi connectivity index (χ0n) is 11.1. The molecule has 0 radical (unpaired) electrons. The van der Waals surface area contributed by atoms with Crippen molar-refractivity contribution in [2.24, 2.45) is 5.73 Å². The minimum Gasteiger partial charge on any atom is -0.378 e. The number of likely N-dealkylation sites (tertiary alicyclic amines) is 1. The van der Waals surface area contributed by atoms with Gasteiger partial charge in [0.2, 0.25) is 11.8 Å². The maximum absolute atomic E-state index is 12.0. The molecule has 2 rings (SSSR count). The highest BCUT2D eigenvalue weighted by atomic mass is 16.5. The van der Waals surface area contributed by atoms with E-state index in [4.69, 9.17) is 10.5 Å². The van der Waals surface area contributed by atoms with Gasteiger partial charge >= 0.3 is 0 Å². The van der Waals surface area contributed by atoms with Gasteiger partial charge in [-0.15, -0.1) is 0 Å². The van der Waals surface area contributed by atoms with E-state index in [-0.39, 0.29) is 23.9 Å². The molecule has 108 valence electrons. The minimum atomic E-state index is -0.300. The van der Waals surface area contributed by atoms with E-state index in [9.17, 15) is 9.59 Å². The van der Waals surface area contributed by atoms with Gasteiger partial charge in [0.15, 0.2) is 0 Å². The molecule has 4 N–H and O–H groups in total. The molecule has 0 aromatic rings. The van der Waals surface area contributed by atoms with Crippen molar-refractivity contribution < 1.29 is 14.3 Å². The number of piperidine rings is 1. The molecule has 0 aliphatic carbocycles. The van der Waals surface area contributed by atoms with Crippen molar-refractivity contribution in [3.63, 3.8) is 0 Å². The highest BCUT2D eigenvalue weighted by molar-refractivity contribution is 5.82. The molecule has 2 aliphatic heterocycles. The van der Waals surface area contributed by atoms with Crippen LogP contribution < -0.4 is 16.4 Å². The van der Waals surface area contributed by atoms with Gasteiger partial charge in [-0.2, -0.15) is 0 Å². The number of amides is 2. The number of nitrogens with zero attached hydrogens (tertiary/aromatic N) is 1. The standard InChI is InChI=1S/C12H22N4O3/c13-11(17)7-16-4-1-9(2-5-16)15-12(18)10-8-19-6-3-14-10/h9-10,14H,1-8H2,(H2,13,17)(H,15,18). The molecule has 0 bridgehead atoms.